The van der Waals surface area contributed by atoms with Crippen molar-refractivity contribution in [3.8, 4) is 0 Å². The third-order valence-corrected chi connectivity index (χ3v) is 4.39. The van der Waals surface area contributed by atoms with E-state index in [1.54, 1.807) is 13.8 Å². The second-order valence-electron chi connectivity index (χ2n) is 6.52. The molecule has 1 rings (SSSR count). The molecular weight excluding hydrogens is 312 g/mol. The minimum Gasteiger partial charge on any atom is -0.370 e. The van der Waals surface area contributed by atoms with E-state index in [2.05, 4.69) is 41.0 Å². The number of nitrogens with zero attached hydrogens (tertiary/aromatic N) is 1. The largest absolute Gasteiger partial charge is 0.370 e. The highest BCUT2D eigenvalue weighted by Gasteiger charge is 2.21. The Bertz CT molecular complexity index is 637. The second kappa shape index (κ2) is 7.79. The van der Waals surface area contributed by atoms with Gasteiger partial charge in [0.05, 0.1) is 12.8 Å². The Morgan fingerprint density at radius 1 is 1.30 bits per heavy atom. The zero-order valence-corrected chi connectivity index (χ0v) is 15.4. The smallest absolute Gasteiger partial charge is 0.209 e. The highest BCUT2D eigenvalue weighted by atomic mass is 32.2. The SMILES string of the molecule is CCC(C)c1ccc(NC(N)=NCC(C)(C)NS(C)(=O)=O)cc1. The van der Waals surface area contributed by atoms with Crippen molar-refractivity contribution in [2.24, 2.45) is 10.7 Å². The van der Waals surface area contributed by atoms with E-state index in [0.29, 0.717) is 5.92 Å². The molecule has 0 radical (unpaired) electrons. The molecule has 0 saturated heterocycles. The van der Waals surface area contributed by atoms with Crippen molar-refractivity contribution in [2.45, 2.75) is 45.6 Å². The third-order valence-electron chi connectivity index (χ3n) is 3.47. The van der Waals surface area contributed by atoms with Crippen LogP contribution in [0.2, 0.25) is 0 Å². The summed E-state index contributed by atoms with van der Waals surface area (Å²) in [7, 11) is -3.28. The van der Waals surface area contributed by atoms with Gasteiger partial charge in [-0.3, -0.25) is 4.99 Å². The average Bonchev–Trinajstić information content (AvgIpc) is 2.43. The van der Waals surface area contributed by atoms with Crippen LogP contribution in [-0.2, 0) is 10.0 Å². The number of nitrogens with one attached hydrogen (secondary N) is 2. The quantitative estimate of drug-likeness (QED) is 0.524. The van der Waals surface area contributed by atoms with Gasteiger partial charge in [-0.2, -0.15) is 0 Å². The number of sulfonamides is 1. The van der Waals surface area contributed by atoms with Crippen LogP contribution in [-0.4, -0.2) is 32.7 Å². The number of guanidine groups is 1. The molecule has 130 valence electrons. The van der Waals surface area contributed by atoms with Gasteiger partial charge in [0, 0.05) is 11.2 Å². The van der Waals surface area contributed by atoms with Gasteiger partial charge < -0.3 is 11.1 Å². The molecule has 7 heteroatoms. The molecule has 0 amide bonds. The predicted molar refractivity (Wildman–Crippen MR) is 97.3 cm³/mol. The summed E-state index contributed by atoms with van der Waals surface area (Å²) < 4.78 is 25.1. The Hall–Kier alpha value is -1.60. The average molecular weight is 340 g/mol. The molecule has 1 atom stereocenters. The number of benzene rings is 1. The van der Waals surface area contributed by atoms with Crippen molar-refractivity contribution in [3.63, 3.8) is 0 Å². The fraction of sp³-hybridized carbons (Fsp3) is 0.562. The van der Waals surface area contributed by atoms with Crippen LogP contribution in [0.5, 0.6) is 0 Å². The maximum absolute atomic E-state index is 11.3. The monoisotopic (exact) mass is 340 g/mol. The summed E-state index contributed by atoms with van der Waals surface area (Å²) in [6, 6.07) is 8.06. The Balaban J connectivity index is 2.66. The standard InChI is InChI=1S/C16H28N4O2S/c1-6-12(2)13-7-9-14(10-8-13)19-15(17)18-11-16(3,4)20-23(5,21)22/h7-10,12,20H,6,11H2,1-5H3,(H3,17,18,19). The predicted octanol–water partition coefficient (Wildman–Crippen LogP) is 2.25. The van der Waals surface area contributed by atoms with E-state index in [9.17, 15) is 8.42 Å². The van der Waals surface area contributed by atoms with Crippen LogP contribution in [0.3, 0.4) is 0 Å². The molecular formula is C16H28N4O2S. The zero-order chi connectivity index (χ0) is 17.7. The summed E-state index contributed by atoms with van der Waals surface area (Å²) >= 11 is 0. The van der Waals surface area contributed by atoms with Crippen molar-refractivity contribution in [2.75, 3.05) is 18.1 Å². The minimum absolute atomic E-state index is 0.240. The summed E-state index contributed by atoms with van der Waals surface area (Å²) in [6.07, 6.45) is 2.22. The summed E-state index contributed by atoms with van der Waals surface area (Å²) in [5.74, 6) is 0.780. The van der Waals surface area contributed by atoms with Crippen LogP contribution in [0.15, 0.2) is 29.3 Å². The molecule has 0 aliphatic carbocycles. The summed E-state index contributed by atoms with van der Waals surface area (Å²) in [6.45, 7) is 8.10. The molecule has 6 nitrogen and oxygen atoms in total. The van der Waals surface area contributed by atoms with Crippen LogP contribution in [0, 0.1) is 0 Å². The van der Waals surface area contributed by atoms with Gasteiger partial charge in [-0.25, -0.2) is 13.1 Å². The lowest BCUT2D eigenvalue weighted by molar-refractivity contribution is 0.466. The first-order valence-electron chi connectivity index (χ1n) is 7.68. The lowest BCUT2D eigenvalue weighted by Crippen LogP contribution is -2.45. The van der Waals surface area contributed by atoms with Crippen LogP contribution in [0.4, 0.5) is 5.69 Å². The van der Waals surface area contributed by atoms with Crippen molar-refractivity contribution >= 4 is 21.7 Å². The molecule has 0 aromatic heterocycles. The highest BCUT2D eigenvalue weighted by Crippen LogP contribution is 2.20. The molecule has 4 N–H and O–H groups in total. The highest BCUT2D eigenvalue weighted by molar-refractivity contribution is 7.88. The molecule has 0 saturated carbocycles. The van der Waals surface area contributed by atoms with E-state index in [0.717, 1.165) is 18.4 Å². The van der Waals surface area contributed by atoms with Gasteiger partial charge in [0.2, 0.25) is 10.0 Å². The first-order valence-corrected chi connectivity index (χ1v) is 9.57. The summed E-state index contributed by atoms with van der Waals surface area (Å²) in [4.78, 5) is 4.21. The molecule has 0 aliphatic heterocycles. The molecule has 1 unspecified atom stereocenters. The maximum atomic E-state index is 11.3. The number of anilines is 1. The molecule has 0 heterocycles. The van der Waals surface area contributed by atoms with E-state index >= 15 is 0 Å². The van der Waals surface area contributed by atoms with Crippen molar-refractivity contribution < 1.29 is 8.42 Å². The fourth-order valence-electron chi connectivity index (χ4n) is 2.14. The number of hydrogen-bond acceptors (Lipinski definition) is 3. The minimum atomic E-state index is -3.28. The molecule has 0 spiro atoms. The van der Waals surface area contributed by atoms with E-state index in [4.69, 9.17) is 5.73 Å². The Morgan fingerprint density at radius 3 is 2.35 bits per heavy atom. The van der Waals surface area contributed by atoms with Crippen molar-refractivity contribution in [3.05, 3.63) is 29.8 Å². The van der Waals surface area contributed by atoms with Crippen molar-refractivity contribution in [1.29, 1.82) is 0 Å². The Labute approximate surface area is 139 Å². The third kappa shape index (κ3) is 7.47. The number of nitrogens with two attached hydrogens (primary N) is 1. The van der Waals surface area contributed by atoms with Crippen molar-refractivity contribution in [1.82, 2.24) is 4.72 Å². The molecule has 0 fully saturated rings. The van der Waals surface area contributed by atoms with Gasteiger partial charge in [0.25, 0.3) is 0 Å². The van der Waals surface area contributed by atoms with Gasteiger partial charge in [-0.1, -0.05) is 26.0 Å². The molecule has 0 aliphatic rings. The van der Waals surface area contributed by atoms with Crippen LogP contribution in [0.25, 0.3) is 0 Å². The zero-order valence-electron chi connectivity index (χ0n) is 14.6. The lowest BCUT2D eigenvalue weighted by atomic mass is 9.99. The van der Waals surface area contributed by atoms with Crippen LogP contribution in [0.1, 0.15) is 45.6 Å². The Morgan fingerprint density at radius 2 is 1.87 bits per heavy atom. The van der Waals surface area contributed by atoms with Gasteiger partial charge >= 0.3 is 0 Å². The van der Waals surface area contributed by atoms with Gasteiger partial charge in [0.15, 0.2) is 5.96 Å². The van der Waals surface area contributed by atoms with Crippen LogP contribution >= 0.6 is 0 Å². The molecule has 1 aromatic carbocycles. The van der Waals surface area contributed by atoms with E-state index in [1.165, 1.54) is 5.56 Å². The lowest BCUT2D eigenvalue weighted by Gasteiger charge is -2.22. The van der Waals surface area contributed by atoms with Gasteiger partial charge in [-0.15, -0.1) is 0 Å². The maximum Gasteiger partial charge on any atom is 0.209 e. The molecule has 1 aromatic rings. The van der Waals surface area contributed by atoms with Crippen LogP contribution < -0.4 is 15.8 Å². The number of aliphatic imine (C=N–C) groups is 1. The van der Waals surface area contributed by atoms with E-state index in [-0.39, 0.29) is 12.5 Å². The number of hydrogen-bond donors (Lipinski definition) is 3. The van der Waals surface area contributed by atoms with Gasteiger partial charge in [0.1, 0.15) is 0 Å². The second-order valence-corrected chi connectivity index (χ2v) is 8.26. The first kappa shape index (κ1) is 19.4. The fourth-order valence-corrected chi connectivity index (χ4v) is 3.20. The molecule has 23 heavy (non-hydrogen) atoms. The number of rotatable bonds is 7. The van der Waals surface area contributed by atoms with E-state index < -0.39 is 15.6 Å². The summed E-state index contributed by atoms with van der Waals surface area (Å²) in [5, 5.41) is 3.01. The summed E-state index contributed by atoms with van der Waals surface area (Å²) in [5.41, 5.74) is 7.31. The van der Waals surface area contributed by atoms with E-state index in [1.807, 2.05) is 12.1 Å². The van der Waals surface area contributed by atoms with Gasteiger partial charge in [-0.05, 0) is 43.9 Å². The topological polar surface area (TPSA) is 96.6 Å². The first-order chi connectivity index (χ1) is 10.5. The Kier molecular flexibility index (Phi) is 6.58. The normalized spacial score (nSPS) is 14.6. The molecule has 0 bridgehead atoms.